The zero-order chi connectivity index (χ0) is 18.4. The van der Waals surface area contributed by atoms with Gasteiger partial charge in [0, 0.05) is 24.9 Å². The molecule has 0 aromatic carbocycles. The molecule has 4 heterocycles. The molecule has 0 saturated carbocycles. The van der Waals surface area contributed by atoms with Gasteiger partial charge in [0.15, 0.2) is 0 Å². The van der Waals surface area contributed by atoms with Crippen molar-refractivity contribution in [1.29, 1.82) is 0 Å². The second-order valence-corrected chi connectivity index (χ2v) is 8.42. The minimum Gasteiger partial charge on any atom is -0.341 e. The SMILES string of the molecule is CCc1nn(CC(=O)N2CC(C)CC(C)C2)c(=O)c2cc3ccsc3n12. The molecule has 6 nitrogen and oxygen atoms in total. The Morgan fingerprint density at radius 3 is 2.73 bits per heavy atom. The summed E-state index contributed by atoms with van der Waals surface area (Å²) in [5.41, 5.74) is 0.406. The molecule has 138 valence electrons. The van der Waals surface area contributed by atoms with Crippen molar-refractivity contribution >= 4 is 33.0 Å². The first kappa shape index (κ1) is 17.3. The molecule has 3 aromatic heterocycles. The summed E-state index contributed by atoms with van der Waals surface area (Å²) in [6.07, 6.45) is 1.85. The molecule has 1 aliphatic heterocycles. The number of aromatic nitrogens is 3. The van der Waals surface area contributed by atoms with Crippen molar-refractivity contribution in [2.45, 2.75) is 40.2 Å². The van der Waals surface area contributed by atoms with Gasteiger partial charge in [-0.05, 0) is 35.8 Å². The van der Waals surface area contributed by atoms with E-state index in [-0.39, 0.29) is 18.0 Å². The molecule has 1 saturated heterocycles. The van der Waals surface area contributed by atoms with Crippen molar-refractivity contribution in [3.05, 3.63) is 33.7 Å². The molecule has 0 spiro atoms. The minimum atomic E-state index is -0.197. The number of likely N-dealkylation sites (tertiary alicyclic amines) is 1. The quantitative estimate of drug-likeness (QED) is 0.710. The summed E-state index contributed by atoms with van der Waals surface area (Å²) < 4.78 is 3.29. The number of aryl methyl sites for hydroxylation is 1. The highest BCUT2D eigenvalue weighted by molar-refractivity contribution is 7.16. The summed E-state index contributed by atoms with van der Waals surface area (Å²) in [5.74, 6) is 1.79. The van der Waals surface area contributed by atoms with E-state index in [1.807, 2.05) is 33.7 Å². The highest BCUT2D eigenvalue weighted by Crippen LogP contribution is 2.25. The van der Waals surface area contributed by atoms with Crippen LogP contribution in [0.25, 0.3) is 15.7 Å². The Kier molecular flexibility index (Phi) is 4.34. The van der Waals surface area contributed by atoms with E-state index in [0.717, 1.165) is 35.6 Å². The van der Waals surface area contributed by atoms with Gasteiger partial charge in [0.25, 0.3) is 5.56 Å². The van der Waals surface area contributed by atoms with Crippen molar-refractivity contribution in [2.75, 3.05) is 13.1 Å². The van der Waals surface area contributed by atoms with Crippen LogP contribution in [0, 0.1) is 11.8 Å². The molecular formula is C19H24N4O2S. The first-order valence-electron chi connectivity index (χ1n) is 9.24. The van der Waals surface area contributed by atoms with Gasteiger partial charge in [-0.2, -0.15) is 5.10 Å². The van der Waals surface area contributed by atoms with Gasteiger partial charge in [0.2, 0.25) is 5.91 Å². The zero-order valence-corrected chi connectivity index (χ0v) is 16.3. The van der Waals surface area contributed by atoms with E-state index in [1.54, 1.807) is 11.3 Å². The normalized spacial score (nSPS) is 21.0. The first-order valence-corrected chi connectivity index (χ1v) is 10.1. The van der Waals surface area contributed by atoms with Gasteiger partial charge in [-0.25, -0.2) is 4.68 Å². The van der Waals surface area contributed by atoms with Gasteiger partial charge in [-0.1, -0.05) is 20.8 Å². The monoisotopic (exact) mass is 372 g/mol. The zero-order valence-electron chi connectivity index (χ0n) is 15.4. The second-order valence-electron chi connectivity index (χ2n) is 7.52. The molecular weight excluding hydrogens is 348 g/mol. The largest absolute Gasteiger partial charge is 0.341 e. The highest BCUT2D eigenvalue weighted by Gasteiger charge is 2.26. The van der Waals surface area contributed by atoms with Crippen LogP contribution in [-0.4, -0.2) is 38.1 Å². The van der Waals surface area contributed by atoms with Gasteiger partial charge in [0.05, 0.1) is 0 Å². The van der Waals surface area contributed by atoms with Gasteiger partial charge in [0.1, 0.15) is 22.7 Å². The fraction of sp³-hybridized carbons (Fsp3) is 0.526. The predicted molar refractivity (Wildman–Crippen MR) is 104 cm³/mol. The standard InChI is InChI=1S/C19H24N4O2S/c1-4-16-20-22(11-17(24)21-9-12(2)7-13(3)10-21)18(25)15-8-14-5-6-26-19(14)23(15)16/h5-6,8,12-13H,4,7,9-11H2,1-3H3. The van der Waals surface area contributed by atoms with E-state index >= 15 is 0 Å². The lowest BCUT2D eigenvalue weighted by molar-refractivity contribution is -0.134. The Morgan fingerprint density at radius 2 is 2.04 bits per heavy atom. The molecule has 2 unspecified atom stereocenters. The Hall–Kier alpha value is -2.15. The summed E-state index contributed by atoms with van der Waals surface area (Å²) in [6, 6.07) is 3.92. The molecule has 0 radical (unpaired) electrons. The van der Waals surface area contributed by atoms with Crippen LogP contribution in [0.1, 0.15) is 33.0 Å². The van der Waals surface area contributed by atoms with Crippen LogP contribution in [0.3, 0.4) is 0 Å². The van der Waals surface area contributed by atoms with Crippen molar-refractivity contribution in [2.24, 2.45) is 11.8 Å². The average molecular weight is 372 g/mol. The second kappa shape index (κ2) is 6.54. The van der Waals surface area contributed by atoms with Crippen molar-refractivity contribution in [3.8, 4) is 0 Å². The average Bonchev–Trinajstić information content (AvgIpc) is 3.18. The van der Waals surface area contributed by atoms with Gasteiger partial charge < -0.3 is 4.90 Å². The fourth-order valence-electron chi connectivity index (χ4n) is 4.13. The van der Waals surface area contributed by atoms with Crippen LogP contribution >= 0.6 is 11.3 Å². The number of piperidine rings is 1. The third kappa shape index (κ3) is 2.84. The number of thiophene rings is 1. The molecule has 3 aromatic rings. The summed E-state index contributed by atoms with van der Waals surface area (Å²) in [4.78, 5) is 28.6. The van der Waals surface area contributed by atoms with Gasteiger partial charge in [-0.3, -0.25) is 14.0 Å². The Bertz CT molecular complexity index is 1020. The Labute approximate surface area is 156 Å². The van der Waals surface area contributed by atoms with E-state index in [0.29, 0.717) is 23.8 Å². The predicted octanol–water partition coefficient (Wildman–Crippen LogP) is 2.78. The number of nitrogens with zero attached hydrogens (tertiary/aromatic N) is 4. The Balaban J connectivity index is 1.71. The molecule has 1 aliphatic rings. The van der Waals surface area contributed by atoms with Crippen molar-refractivity contribution in [1.82, 2.24) is 19.1 Å². The minimum absolute atomic E-state index is 0.0145. The summed E-state index contributed by atoms with van der Waals surface area (Å²) >= 11 is 1.60. The number of carbonyl (C=O) groups excluding carboxylic acids is 1. The fourth-order valence-corrected chi connectivity index (χ4v) is 5.05. The molecule has 2 atom stereocenters. The molecule has 0 aliphatic carbocycles. The van der Waals surface area contributed by atoms with E-state index in [9.17, 15) is 9.59 Å². The van der Waals surface area contributed by atoms with Crippen LogP contribution in [0.5, 0.6) is 0 Å². The molecule has 1 amide bonds. The maximum Gasteiger partial charge on any atom is 0.291 e. The number of fused-ring (bicyclic) bond motifs is 3. The number of hydrogen-bond donors (Lipinski definition) is 0. The van der Waals surface area contributed by atoms with E-state index < -0.39 is 0 Å². The highest BCUT2D eigenvalue weighted by atomic mass is 32.1. The molecule has 4 rings (SSSR count). The lowest BCUT2D eigenvalue weighted by Gasteiger charge is -2.35. The molecule has 0 bridgehead atoms. The molecule has 26 heavy (non-hydrogen) atoms. The van der Waals surface area contributed by atoms with Gasteiger partial charge in [-0.15, -0.1) is 11.3 Å². The van der Waals surface area contributed by atoms with E-state index in [4.69, 9.17) is 0 Å². The van der Waals surface area contributed by atoms with Crippen LogP contribution in [0.2, 0.25) is 0 Å². The topological polar surface area (TPSA) is 59.6 Å². The Morgan fingerprint density at radius 1 is 1.31 bits per heavy atom. The third-order valence-corrected chi connectivity index (χ3v) is 6.09. The van der Waals surface area contributed by atoms with Gasteiger partial charge >= 0.3 is 0 Å². The van der Waals surface area contributed by atoms with E-state index in [1.165, 1.54) is 4.68 Å². The van der Waals surface area contributed by atoms with Crippen molar-refractivity contribution in [3.63, 3.8) is 0 Å². The smallest absolute Gasteiger partial charge is 0.291 e. The van der Waals surface area contributed by atoms with Crippen LogP contribution in [-0.2, 0) is 17.8 Å². The molecule has 7 heteroatoms. The lowest BCUT2D eigenvalue weighted by Crippen LogP contribution is -2.45. The molecule has 0 N–H and O–H groups in total. The third-order valence-electron chi connectivity index (χ3n) is 5.18. The molecule has 1 fully saturated rings. The van der Waals surface area contributed by atoms with E-state index in [2.05, 4.69) is 18.9 Å². The maximum absolute atomic E-state index is 12.9. The maximum atomic E-state index is 12.9. The first-order chi connectivity index (χ1) is 12.5. The number of amides is 1. The van der Waals surface area contributed by atoms with Crippen LogP contribution in [0.4, 0.5) is 0 Å². The summed E-state index contributed by atoms with van der Waals surface area (Å²) in [7, 11) is 0. The van der Waals surface area contributed by atoms with Crippen LogP contribution in [0.15, 0.2) is 22.3 Å². The lowest BCUT2D eigenvalue weighted by atomic mass is 9.92. The summed E-state index contributed by atoms with van der Waals surface area (Å²) in [5, 5.41) is 7.59. The summed E-state index contributed by atoms with van der Waals surface area (Å²) in [6.45, 7) is 7.92. The number of carbonyl (C=O) groups is 1. The van der Waals surface area contributed by atoms with Crippen LogP contribution < -0.4 is 5.56 Å². The van der Waals surface area contributed by atoms with Crippen molar-refractivity contribution < 1.29 is 4.79 Å². The number of hydrogen-bond acceptors (Lipinski definition) is 4. The number of rotatable bonds is 3.